The Labute approximate surface area is 160 Å². The van der Waals surface area contributed by atoms with E-state index in [2.05, 4.69) is 11.1 Å². The SMILES string of the molecule is Cc1c(OCCCCSc2cccnc2)ccc(CC(=O)C(C)C)c1O. The number of ether oxygens (including phenoxy) is 1. The molecule has 1 N–H and O–H groups in total. The Kier molecular flexibility index (Phi) is 7.98. The first kappa shape index (κ1) is 20.3. The van der Waals surface area contributed by atoms with Crippen molar-refractivity contribution < 1.29 is 14.6 Å². The Bertz CT molecular complexity index is 717. The third-order valence-corrected chi connectivity index (χ3v) is 5.24. The van der Waals surface area contributed by atoms with E-state index < -0.39 is 0 Å². The number of Topliss-reactive ketones (excluding diaryl/α,β-unsaturated/α-hetero) is 1. The molecule has 140 valence electrons. The van der Waals surface area contributed by atoms with Crippen LogP contribution in [0, 0.1) is 12.8 Å². The number of hydrogen-bond acceptors (Lipinski definition) is 5. The molecule has 1 aromatic carbocycles. The van der Waals surface area contributed by atoms with Gasteiger partial charge in [0.2, 0.25) is 0 Å². The third-order valence-electron chi connectivity index (χ3n) is 4.17. The fourth-order valence-corrected chi connectivity index (χ4v) is 3.33. The molecule has 0 bridgehead atoms. The highest BCUT2D eigenvalue weighted by molar-refractivity contribution is 7.99. The number of aromatic nitrogens is 1. The minimum absolute atomic E-state index is 0.0323. The van der Waals surface area contributed by atoms with Crippen molar-refractivity contribution in [1.82, 2.24) is 4.98 Å². The van der Waals surface area contributed by atoms with Crippen LogP contribution in [-0.4, -0.2) is 28.2 Å². The second-order valence-corrected chi connectivity index (χ2v) is 7.76. The number of hydrogen-bond donors (Lipinski definition) is 1. The van der Waals surface area contributed by atoms with Crippen LogP contribution in [0.5, 0.6) is 11.5 Å². The van der Waals surface area contributed by atoms with Gasteiger partial charge in [-0.05, 0) is 43.7 Å². The number of phenols is 1. The van der Waals surface area contributed by atoms with Gasteiger partial charge in [0.25, 0.3) is 0 Å². The van der Waals surface area contributed by atoms with Gasteiger partial charge in [-0.3, -0.25) is 9.78 Å². The van der Waals surface area contributed by atoms with Crippen molar-refractivity contribution in [3.63, 3.8) is 0 Å². The van der Waals surface area contributed by atoms with Gasteiger partial charge in [0.15, 0.2) is 0 Å². The van der Waals surface area contributed by atoms with E-state index in [4.69, 9.17) is 4.74 Å². The van der Waals surface area contributed by atoms with Crippen LogP contribution in [0.4, 0.5) is 0 Å². The topological polar surface area (TPSA) is 59.4 Å². The Balaban J connectivity index is 1.77. The number of phenolic OH excluding ortho intramolecular Hbond substituents is 1. The summed E-state index contributed by atoms with van der Waals surface area (Å²) < 4.78 is 5.81. The van der Waals surface area contributed by atoms with Gasteiger partial charge in [-0.15, -0.1) is 11.8 Å². The molecule has 0 aliphatic carbocycles. The van der Waals surface area contributed by atoms with Crippen molar-refractivity contribution in [2.75, 3.05) is 12.4 Å². The summed E-state index contributed by atoms with van der Waals surface area (Å²) in [5.74, 6) is 1.97. The van der Waals surface area contributed by atoms with E-state index in [1.165, 1.54) is 4.90 Å². The van der Waals surface area contributed by atoms with Crippen molar-refractivity contribution in [3.05, 3.63) is 47.8 Å². The average molecular weight is 374 g/mol. The molecule has 0 fully saturated rings. The van der Waals surface area contributed by atoms with Crippen LogP contribution in [0.3, 0.4) is 0 Å². The lowest BCUT2D eigenvalue weighted by Crippen LogP contribution is -2.10. The molecule has 0 radical (unpaired) electrons. The molecule has 26 heavy (non-hydrogen) atoms. The lowest BCUT2D eigenvalue weighted by molar-refractivity contribution is -0.121. The van der Waals surface area contributed by atoms with Gasteiger partial charge in [-0.2, -0.15) is 0 Å². The molecule has 2 rings (SSSR count). The van der Waals surface area contributed by atoms with Crippen molar-refractivity contribution in [2.45, 2.75) is 44.9 Å². The predicted molar refractivity (Wildman–Crippen MR) is 106 cm³/mol. The number of benzene rings is 1. The summed E-state index contributed by atoms with van der Waals surface area (Å²) in [4.78, 5) is 17.2. The maximum absolute atomic E-state index is 11.9. The zero-order chi connectivity index (χ0) is 18.9. The second kappa shape index (κ2) is 10.2. The van der Waals surface area contributed by atoms with E-state index in [1.807, 2.05) is 39.1 Å². The number of nitrogens with zero attached hydrogens (tertiary/aromatic N) is 1. The predicted octanol–water partition coefficient (Wildman–Crippen LogP) is 4.81. The number of unbranched alkanes of at least 4 members (excludes halogenated alkanes) is 1. The number of ketones is 1. The summed E-state index contributed by atoms with van der Waals surface area (Å²) in [6.07, 6.45) is 5.90. The molecule has 0 saturated heterocycles. The van der Waals surface area contributed by atoms with E-state index in [0.717, 1.165) is 18.6 Å². The summed E-state index contributed by atoms with van der Waals surface area (Å²) in [6, 6.07) is 7.64. The van der Waals surface area contributed by atoms with Crippen LogP contribution in [0.25, 0.3) is 0 Å². The van der Waals surface area contributed by atoms with Crippen molar-refractivity contribution in [1.29, 1.82) is 0 Å². The molecule has 0 amide bonds. The number of pyridine rings is 1. The van der Waals surface area contributed by atoms with Crippen molar-refractivity contribution in [2.24, 2.45) is 5.92 Å². The van der Waals surface area contributed by atoms with Crippen LogP contribution in [-0.2, 0) is 11.2 Å². The number of carbonyl (C=O) groups is 1. The first-order valence-electron chi connectivity index (χ1n) is 8.98. The highest BCUT2D eigenvalue weighted by Gasteiger charge is 2.15. The summed E-state index contributed by atoms with van der Waals surface area (Å²) in [7, 11) is 0. The standard InChI is InChI=1S/C21H27NO3S/c1-15(2)19(23)13-17-8-9-20(16(3)21(17)24)25-11-4-5-12-26-18-7-6-10-22-14-18/h6-10,14-15,24H,4-5,11-13H2,1-3H3. The lowest BCUT2D eigenvalue weighted by atomic mass is 9.98. The fraction of sp³-hybridized carbons (Fsp3) is 0.429. The lowest BCUT2D eigenvalue weighted by Gasteiger charge is -2.13. The molecule has 0 atom stereocenters. The number of thioether (sulfide) groups is 1. The first-order chi connectivity index (χ1) is 12.5. The highest BCUT2D eigenvalue weighted by Crippen LogP contribution is 2.31. The average Bonchev–Trinajstić information content (AvgIpc) is 2.64. The van der Waals surface area contributed by atoms with Crippen LogP contribution in [0.1, 0.15) is 37.8 Å². The minimum Gasteiger partial charge on any atom is -0.507 e. The van der Waals surface area contributed by atoms with Gasteiger partial charge in [0.1, 0.15) is 17.3 Å². The molecule has 0 saturated carbocycles. The maximum Gasteiger partial charge on any atom is 0.139 e. The number of rotatable bonds is 10. The summed E-state index contributed by atoms with van der Waals surface area (Å²) in [5.41, 5.74) is 1.37. The Morgan fingerprint density at radius 3 is 2.77 bits per heavy atom. The van der Waals surface area contributed by atoms with Gasteiger partial charge in [0, 0.05) is 40.8 Å². The van der Waals surface area contributed by atoms with Crippen LogP contribution < -0.4 is 4.74 Å². The largest absolute Gasteiger partial charge is 0.507 e. The van der Waals surface area contributed by atoms with E-state index in [1.54, 1.807) is 24.0 Å². The second-order valence-electron chi connectivity index (χ2n) is 6.59. The molecule has 0 spiro atoms. The smallest absolute Gasteiger partial charge is 0.139 e. The highest BCUT2D eigenvalue weighted by atomic mass is 32.2. The third kappa shape index (κ3) is 6.06. The molecule has 0 unspecified atom stereocenters. The van der Waals surface area contributed by atoms with Crippen LogP contribution >= 0.6 is 11.8 Å². The maximum atomic E-state index is 11.9. The summed E-state index contributed by atoms with van der Waals surface area (Å²) in [6.45, 7) is 6.18. The first-order valence-corrected chi connectivity index (χ1v) is 9.97. The molecule has 5 heteroatoms. The molecular weight excluding hydrogens is 346 g/mol. The van der Waals surface area contributed by atoms with E-state index in [0.29, 0.717) is 23.5 Å². The fourth-order valence-electron chi connectivity index (χ4n) is 2.44. The van der Waals surface area contributed by atoms with Crippen molar-refractivity contribution >= 4 is 17.5 Å². The van der Waals surface area contributed by atoms with Crippen LogP contribution in [0.2, 0.25) is 0 Å². The number of aromatic hydroxyl groups is 1. The zero-order valence-corrected chi connectivity index (χ0v) is 16.5. The minimum atomic E-state index is -0.0323. The molecule has 1 heterocycles. The van der Waals surface area contributed by atoms with E-state index in [9.17, 15) is 9.90 Å². The summed E-state index contributed by atoms with van der Waals surface area (Å²) in [5, 5.41) is 10.3. The molecule has 0 aliphatic heterocycles. The summed E-state index contributed by atoms with van der Waals surface area (Å²) >= 11 is 1.79. The van der Waals surface area contributed by atoms with Crippen LogP contribution in [0.15, 0.2) is 41.6 Å². The molecule has 2 aromatic rings. The van der Waals surface area contributed by atoms with Crippen molar-refractivity contribution in [3.8, 4) is 11.5 Å². The van der Waals surface area contributed by atoms with Gasteiger partial charge < -0.3 is 9.84 Å². The zero-order valence-electron chi connectivity index (χ0n) is 15.7. The molecule has 4 nitrogen and oxygen atoms in total. The molecular formula is C21H27NO3S. The quantitative estimate of drug-likeness (QED) is 0.478. The van der Waals surface area contributed by atoms with Gasteiger partial charge >= 0.3 is 0 Å². The number of carbonyl (C=O) groups excluding carboxylic acids is 1. The Morgan fingerprint density at radius 1 is 1.27 bits per heavy atom. The van der Waals surface area contributed by atoms with Gasteiger partial charge in [-0.25, -0.2) is 0 Å². The molecule has 1 aromatic heterocycles. The normalized spacial score (nSPS) is 10.9. The molecule has 0 aliphatic rings. The monoisotopic (exact) mass is 373 g/mol. The van der Waals surface area contributed by atoms with Gasteiger partial charge in [0.05, 0.1) is 6.61 Å². The van der Waals surface area contributed by atoms with Gasteiger partial charge in [-0.1, -0.05) is 19.9 Å². The Morgan fingerprint density at radius 2 is 2.08 bits per heavy atom. The van der Waals surface area contributed by atoms with E-state index in [-0.39, 0.29) is 23.9 Å². The van der Waals surface area contributed by atoms with E-state index >= 15 is 0 Å². The Hall–Kier alpha value is -2.01.